The largest absolute Gasteiger partial charge is 0.504 e. The molecule has 0 rings (SSSR count). The first-order chi connectivity index (χ1) is 12.0. The molecule has 0 bridgehead atoms. The quantitative estimate of drug-likeness (QED) is 0.136. The molecule has 0 fully saturated rings. The van der Waals surface area contributed by atoms with Crippen molar-refractivity contribution in [1.82, 2.24) is 0 Å². The number of aliphatic carboxylic acids is 1. The van der Waals surface area contributed by atoms with E-state index in [4.69, 9.17) is 10.2 Å². The standard InChI is InChI=1S/C20H32O5/c1-2-3-4-5-6-7-8-9-10-11-12-13-14-15-16-17(21)18(22)19(23)20(24)25/h12-16,21-23H,2-11H2,1H3,(H,24,25)/b13-12+,15-14+,17-16-,19-18+. The molecule has 0 radical (unpaired) electrons. The highest BCUT2D eigenvalue weighted by atomic mass is 16.4. The molecule has 0 aliphatic heterocycles. The van der Waals surface area contributed by atoms with Crippen LogP contribution in [0.2, 0.25) is 0 Å². The van der Waals surface area contributed by atoms with E-state index in [0.717, 1.165) is 18.9 Å². The summed E-state index contributed by atoms with van der Waals surface area (Å²) in [5.74, 6) is -4.76. The minimum atomic E-state index is -1.71. The topological polar surface area (TPSA) is 98.0 Å². The van der Waals surface area contributed by atoms with E-state index in [2.05, 4.69) is 6.92 Å². The van der Waals surface area contributed by atoms with Crippen LogP contribution in [0.5, 0.6) is 0 Å². The molecule has 0 aromatic rings. The summed E-state index contributed by atoms with van der Waals surface area (Å²) in [5.41, 5.74) is 0. The number of carboxylic acid groups (broad SMARTS) is 1. The first kappa shape index (κ1) is 22.8. The van der Waals surface area contributed by atoms with Gasteiger partial charge in [0.15, 0.2) is 5.76 Å². The second-order valence-corrected chi connectivity index (χ2v) is 5.98. The van der Waals surface area contributed by atoms with Gasteiger partial charge in [0.05, 0.1) is 0 Å². The Balaban J connectivity index is 3.81. The lowest BCUT2D eigenvalue weighted by Gasteiger charge is -2.00. The summed E-state index contributed by atoms with van der Waals surface area (Å²) >= 11 is 0. The first-order valence-corrected chi connectivity index (χ1v) is 9.09. The summed E-state index contributed by atoms with van der Waals surface area (Å²) in [6, 6.07) is 0. The second-order valence-electron chi connectivity index (χ2n) is 5.98. The van der Waals surface area contributed by atoms with Crippen LogP contribution in [-0.4, -0.2) is 26.4 Å². The number of allylic oxidation sites excluding steroid dienone is 5. The van der Waals surface area contributed by atoms with E-state index >= 15 is 0 Å². The molecule has 0 atom stereocenters. The molecule has 0 aliphatic rings. The molecule has 0 saturated carbocycles. The number of hydrogen-bond acceptors (Lipinski definition) is 4. The minimum Gasteiger partial charge on any atom is -0.504 e. The van der Waals surface area contributed by atoms with Gasteiger partial charge in [0, 0.05) is 0 Å². The normalized spacial score (nSPS) is 13.6. The molecule has 0 spiro atoms. The summed E-state index contributed by atoms with van der Waals surface area (Å²) in [7, 11) is 0. The lowest BCUT2D eigenvalue weighted by atomic mass is 10.1. The number of carbonyl (C=O) groups is 1. The van der Waals surface area contributed by atoms with Crippen LogP contribution in [0.15, 0.2) is 47.7 Å². The Morgan fingerprint density at radius 2 is 1.28 bits per heavy atom. The van der Waals surface area contributed by atoms with Crippen molar-refractivity contribution < 1.29 is 25.2 Å². The van der Waals surface area contributed by atoms with Crippen LogP contribution in [-0.2, 0) is 4.79 Å². The summed E-state index contributed by atoms with van der Waals surface area (Å²) in [4.78, 5) is 10.4. The minimum absolute atomic E-state index is 0.705. The maximum atomic E-state index is 10.4. The van der Waals surface area contributed by atoms with Crippen LogP contribution in [0, 0.1) is 0 Å². The predicted molar refractivity (Wildman–Crippen MR) is 101 cm³/mol. The lowest BCUT2D eigenvalue weighted by molar-refractivity contribution is -0.135. The predicted octanol–water partition coefficient (Wildman–Crippen LogP) is 5.87. The van der Waals surface area contributed by atoms with Gasteiger partial charge in [0.2, 0.25) is 11.5 Å². The van der Waals surface area contributed by atoms with Gasteiger partial charge < -0.3 is 20.4 Å². The lowest BCUT2D eigenvalue weighted by Crippen LogP contribution is -2.05. The maximum Gasteiger partial charge on any atom is 0.375 e. The van der Waals surface area contributed by atoms with Crippen molar-refractivity contribution in [2.24, 2.45) is 0 Å². The molecule has 0 saturated heterocycles. The van der Waals surface area contributed by atoms with Crippen molar-refractivity contribution in [3.63, 3.8) is 0 Å². The van der Waals surface area contributed by atoms with E-state index in [1.165, 1.54) is 57.4 Å². The van der Waals surface area contributed by atoms with E-state index in [-0.39, 0.29) is 0 Å². The Bertz CT molecular complexity index is 486. The zero-order valence-corrected chi connectivity index (χ0v) is 15.2. The molecule has 0 aliphatic carbocycles. The summed E-state index contributed by atoms with van der Waals surface area (Å²) in [5, 5.41) is 36.1. The summed E-state index contributed by atoms with van der Waals surface area (Å²) in [6.07, 6.45) is 20.7. The van der Waals surface area contributed by atoms with E-state index in [1.807, 2.05) is 12.2 Å². The van der Waals surface area contributed by atoms with E-state index in [9.17, 15) is 15.0 Å². The fraction of sp³-hybridized carbons (Fsp3) is 0.550. The molecule has 0 aromatic heterocycles. The molecule has 0 aromatic carbocycles. The molecule has 0 unspecified atom stereocenters. The van der Waals surface area contributed by atoms with Gasteiger partial charge in [0.1, 0.15) is 0 Å². The Labute approximate surface area is 150 Å². The number of unbranched alkanes of at least 4 members (excludes halogenated alkanes) is 9. The molecule has 142 valence electrons. The second kappa shape index (κ2) is 15.4. The van der Waals surface area contributed by atoms with E-state index in [0.29, 0.717) is 0 Å². The first-order valence-electron chi connectivity index (χ1n) is 9.09. The molecule has 5 nitrogen and oxygen atoms in total. The number of carboxylic acids is 1. The van der Waals surface area contributed by atoms with Crippen LogP contribution in [0.4, 0.5) is 0 Å². The third kappa shape index (κ3) is 12.9. The third-order valence-electron chi connectivity index (χ3n) is 3.76. The monoisotopic (exact) mass is 352 g/mol. The van der Waals surface area contributed by atoms with Gasteiger partial charge in [-0.05, 0) is 18.9 Å². The number of aliphatic hydroxyl groups excluding tert-OH is 3. The third-order valence-corrected chi connectivity index (χ3v) is 3.76. The maximum absolute atomic E-state index is 10.4. The number of hydrogen-bond donors (Lipinski definition) is 4. The average molecular weight is 352 g/mol. The Hall–Kier alpha value is -2.17. The van der Waals surface area contributed by atoms with Gasteiger partial charge in [-0.1, -0.05) is 82.6 Å². The zero-order valence-electron chi connectivity index (χ0n) is 15.2. The smallest absolute Gasteiger partial charge is 0.375 e. The van der Waals surface area contributed by atoms with Crippen LogP contribution < -0.4 is 0 Å². The molecule has 0 amide bonds. The van der Waals surface area contributed by atoms with Crippen molar-refractivity contribution in [3.05, 3.63) is 47.7 Å². The van der Waals surface area contributed by atoms with Crippen LogP contribution in [0.1, 0.15) is 71.1 Å². The summed E-state index contributed by atoms with van der Waals surface area (Å²) in [6.45, 7) is 2.23. The fourth-order valence-corrected chi connectivity index (χ4v) is 2.26. The van der Waals surface area contributed by atoms with Crippen LogP contribution in [0.25, 0.3) is 0 Å². The van der Waals surface area contributed by atoms with Gasteiger partial charge in [-0.15, -0.1) is 0 Å². The van der Waals surface area contributed by atoms with E-state index in [1.54, 1.807) is 6.08 Å². The number of rotatable bonds is 14. The van der Waals surface area contributed by atoms with Gasteiger partial charge in [-0.3, -0.25) is 0 Å². The van der Waals surface area contributed by atoms with Gasteiger partial charge in [-0.2, -0.15) is 0 Å². The Morgan fingerprint density at radius 3 is 1.84 bits per heavy atom. The molecule has 0 heterocycles. The molecular weight excluding hydrogens is 320 g/mol. The van der Waals surface area contributed by atoms with E-state index < -0.39 is 23.2 Å². The van der Waals surface area contributed by atoms with Crippen molar-refractivity contribution in [2.75, 3.05) is 0 Å². The van der Waals surface area contributed by atoms with Gasteiger partial charge in [-0.25, -0.2) is 4.79 Å². The highest BCUT2D eigenvalue weighted by molar-refractivity contribution is 5.84. The molecule has 4 N–H and O–H groups in total. The Morgan fingerprint density at radius 1 is 0.720 bits per heavy atom. The molecule has 25 heavy (non-hydrogen) atoms. The van der Waals surface area contributed by atoms with Gasteiger partial charge >= 0.3 is 5.97 Å². The van der Waals surface area contributed by atoms with Gasteiger partial charge in [0.25, 0.3) is 0 Å². The number of aliphatic hydroxyl groups is 3. The van der Waals surface area contributed by atoms with Crippen molar-refractivity contribution >= 4 is 5.97 Å². The SMILES string of the molecule is CCCCCCCCCCC/C=C/C=C/C=C(O)/C(O)=C(\O)C(=O)O. The summed E-state index contributed by atoms with van der Waals surface area (Å²) < 4.78 is 0. The highest BCUT2D eigenvalue weighted by Crippen LogP contribution is 2.11. The van der Waals surface area contributed by atoms with Crippen molar-refractivity contribution in [3.8, 4) is 0 Å². The molecule has 5 heteroatoms. The average Bonchev–Trinajstić information content (AvgIpc) is 2.60. The van der Waals surface area contributed by atoms with Crippen LogP contribution in [0.3, 0.4) is 0 Å². The zero-order chi connectivity index (χ0) is 18.9. The molecular formula is C20H32O5. The fourth-order valence-electron chi connectivity index (χ4n) is 2.26. The highest BCUT2D eigenvalue weighted by Gasteiger charge is 2.14. The van der Waals surface area contributed by atoms with Crippen molar-refractivity contribution in [2.45, 2.75) is 71.1 Å². The van der Waals surface area contributed by atoms with Crippen LogP contribution >= 0.6 is 0 Å². The Kier molecular flexibility index (Phi) is 14.0. The van der Waals surface area contributed by atoms with Crippen molar-refractivity contribution in [1.29, 1.82) is 0 Å².